The lowest BCUT2D eigenvalue weighted by molar-refractivity contribution is -0.137. The second-order valence-electron chi connectivity index (χ2n) is 8.77. The van der Waals surface area contributed by atoms with E-state index in [2.05, 4.69) is 26.0 Å². The van der Waals surface area contributed by atoms with Gasteiger partial charge in [-0.2, -0.15) is 0 Å². The fraction of sp³-hybridized carbons (Fsp3) is 0.783. The molecule has 1 fully saturated rings. The number of allylic oxidation sites excluding steroid dienone is 2. The van der Waals surface area contributed by atoms with Crippen molar-refractivity contribution >= 4 is 5.97 Å². The van der Waals surface area contributed by atoms with Gasteiger partial charge in [0.15, 0.2) is 0 Å². The molecule has 0 spiro atoms. The van der Waals surface area contributed by atoms with Crippen molar-refractivity contribution in [3.8, 4) is 0 Å². The number of hydrogen-bond donors (Lipinski definition) is 3. The van der Waals surface area contributed by atoms with Gasteiger partial charge in [0.05, 0.1) is 12.2 Å². The van der Waals surface area contributed by atoms with Crippen LogP contribution >= 0.6 is 0 Å². The molecule has 0 saturated heterocycles. The van der Waals surface area contributed by atoms with Gasteiger partial charge in [-0.05, 0) is 56.3 Å². The van der Waals surface area contributed by atoms with Crippen molar-refractivity contribution in [2.45, 2.75) is 90.3 Å². The van der Waals surface area contributed by atoms with Crippen molar-refractivity contribution in [1.29, 1.82) is 0 Å². The molecule has 6 atom stereocenters. The molecule has 0 aliphatic heterocycles. The Bertz CT molecular complexity index is 524. The van der Waals surface area contributed by atoms with E-state index in [1.807, 2.05) is 6.08 Å². The van der Waals surface area contributed by atoms with Crippen LogP contribution in [0.15, 0.2) is 23.8 Å². The third-order valence-electron chi connectivity index (χ3n) is 6.34. The summed E-state index contributed by atoms with van der Waals surface area (Å²) in [6.07, 6.45) is 14.6. The SMILES string of the molecule is CCCC[C@H](C)C[C@H](O)C=C[C@@H]1C2CC(CCCCC(=O)O)=CC2C[C@H]1O. The Hall–Kier alpha value is -1.13. The van der Waals surface area contributed by atoms with Crippen LogP contribution in [-0.4, -0.2) is 33.5 Å². The first-order chi connectivity index (χ1) is 12.9. The minimum Gasteiger partial charge on any atom is -0.481 e. The maximum atomic E-state index is 10.6. The molecule has 0 aromatic rings. The summed E-state index contributed by atoms with van der Waals surface area (Å²) in [5.74, 6) is 0.808. The lowest BCUT2D eigenvalue weighted by Gasteiger charge is -2.19. The van der Waals surface area contributed by atoms with Gasteiger partial charge in [0.2, 0.25) is 0 Å². The number of carboxylic acids is 1. The van der Waals surface area contributed by atoms with Crippen molar-refractivity contribution < 1.29 is 20.1 Å². The second-order valence-corrected chi connectivity index (χ2v) is 8.77. The number of rotatable bonds is 12. The fourth-order valence-electron chi connectivity index (χ4n) is 4.84. The van der Waals surface area contributed by atoms with Crippen LogP contribution in [0.25, 0.3) is 0 Å². The van der Waals surface area contributed by atoms with Crippen LogP contribution in [-0.2, 0) is 4.79 Å². The van der Waals surface area contributed by atoms with Gasteiger partial charge in [0.1, 0.15) is 0 Å². The Morgan fingerprint density at radius 1 is 1.33 bits per heavy atom. The molecule has 2 rings (SSSR count). The van der Waals surface area contributed by atoms with Gasteiger partial charge < -0.3 is 15.3 Å². The van der Waals surface area contributed by atoms with E-state index in [0.717, 1.165) is 44.9 Å². The first kappa shape index (κ1) is 22.2. The summed E-state index contributed by atoms with van der Waals surface area (Å²) in [7, 11) is 0. The predicted octanol–water partition coefficient (Wildman–Crippen LogP) is 4.71. The lowest BCUT2D eigenvalue weighted by Crippen LogP contribution is -2.18. The van der Waals surface area contributed by atoms with E-state index in [0.29, 0.717) is 17.8 Å². The topological polar surface area (TPSA) is 77.8 Å². The van der Waals surface area contributed by atoms with Gasteiger partial charge >= 0.3 is 5.97 Å². The zero-order valence-electron chi connectivity index (χ0n) is 17.0. The number of aliphatic hydroxyl groups excluding tert-OH is 2. The van der Waals surface area contributed by atoms with Gasteiger partial charge in [-0.3, -0.25) is 4.79 Å². The normalized spacial score (nSPS) is 29.7. The Morgan fingerprint density at radius 2 is 2.11 bits per heavy atom. The van der Waals surface area contributed by atoms with Crippen molar-refractivity contribution in [3.63, 3.8) is 0 Å². The molecule has 27 heavy (non-hydrogen) atoms. The first-order valence-electron chi connectivity index (χ1n) is 10.9. The van der Waals surface area contributed by atoms with Crippen LogP contribution in [0.3, 0.4) is 0 Å². The van der Waals surface area contributed by atoms with E-state index in [9.17, 15) is 15.0 Å². The summed E-state index contributed by atoms with van der Waals surface area (Å²) in [5.41, 5.74) is 1.43. The zero-order chi connectivity index (χ0) is 19.8. The zero-order valence-corrected chi connectivity index (χ0v) is 17.0. The van der Waals surface area contributed by atoms with Crippen LogP contribution in [0.5, 0.6) is 0 Å². The predicted molar refractivity (Wildman–Crippen MR) is 108 cm³/mol. The van der Waals surface area contributed by atoms with Crippen LogP contribution in [0, 0.1) is 23.7 Å². The molecule has 4 nitrogen and oxygen atoms in total. The van der Waals surface area contributed by atoms with Crippen LogP contribution in [0.2, 0.25) is 0 Å². The number of aliphatic carboxylic acids is 1. The summed E-state index contributed by atoms with van der Waals surface area (Å²) < 4.78 is 0. The Balaban J connectivity index is 1.79. The maximum Gasteiger partial charge on any atom is 0.303 e. The van der Waals surface area contributed by atoms with E-state index < -0.39 is 12.1 Å². The molecule has 0 aromatic carbocycles. The smallest absolute Gasteiger partial charge is 0.303 e. The molecular weight excluding hydrogens is 340 g/mol. The molecule has 2 unspecified atom stereocenters. The van der Waals surface area contributed by atoms with E-state index in [1.54, 1.807) is 0 Å². The van der Waals surface area contributed by atoms with Gasteiger partial charge in [0.25, 0.3) is 0 Å². The largest absolute Gasteiger partial charge is 0.481 e. The average Bonchev–Trinajstić information content (AvgIpc) is 3.11. The quantitative estimate of drug-likeness (QED) is 0.339. The molecule has 0 heterocycles. The monoisotopic (exact) mass is 378 g/mol. The van der Waals surface area contributed by atoms with Gasteiger partial charge in [-0.15, -0.1) is 0 Å². The number of hydrogen-bond acceptors (Lipinski definition) is 3. The molecule has 154 valence electrons. The van der Waals surface area contributed by atoms with Gasteiger partial charge in [0, 0.05) is 12.3 Å². The molecule has 2 aliphatic carbocycles. The van der Waals surface area contributed by atoms with Crippen molar-refractivity contribution in [2.24, 2.45) is 23.7 Å². The van der Waals surface area contributed by atoms with Crippen LogP contribution in [0.1, 0.15) is 78.1 Å². The van der Waals surface area contributed by atoms with Crippen LogP contribution < -0.4 is 0 Å². The van der Waals surface area contributed by atoms with Crippen LogP contribution in [0.4, 0.5) is 0 Å². The van der Waals surface area contributed by atoms with Gasteiger partial charge in [-0.1, -0.05) is 56.9 Å². The number of carbonyl (C=O) groups is 1. The van der Waals surface area contributed by atoms with Crippen molar-refractivity contribution in [3.05, 3.63) is 23.8 Å². The third-order valence-corrected chi connectivity index (χ3v) is 6.34. The van der Waals surface area contributed by atoms with E-state index >= 15 is 0 Å². The molecule has 1 saturated carbocycles. The molecule has 0 aromatic heterocycles. The Morgan fingerprint density at radius 3 is 2.81 bits per heavy atom. The Kier molecular flexibility index (Phi) is 9.04. The highest BCUT2D eigenvalue weighted by atomic mass is 16.4. The van der Waals surface area contributed by atoms with E-state index in [1.165, 1.54) is 18.4 Å². The summed E-state index contributed by atoms with van der Waals surface area (Å²) >= 11 is 0. The second kappa shape index (κ2) is 11.0. The highest BCUT2D eigenvalue weighted by molar-refractivity contribution is 5.66. The fourth-order valence-corrected chi connectivity index (χ4v) is 4.84. The highest BCUT2D eigenvalue weighted by Crippen LogP contribution is 2.48. The van der Waals surface area contributed by atoms with Gasteiger partial charge in [-0.25, -0.2) is 0 Å². The average molecular weight is 379 g/mol. The molecule has 4 heteroatoms. The Labute approximate surface area is 164 Å². The molecule has 3 N–H and O–H groups in total. The molecule has 0 amide bonds. The van der Waals surface area contributed by atoms with E-state index in [-0.39, 0.29) is 18.4 Å². The molecule has 2 aliphatic rings. The molecular formula is C23H38O4. The minimum absolute atomic E-state index is 0.128. The van der Waals surface area contributed by atoms with Crippen molar-refractivity contribution in [1.82, 2.24) is 0 Å². The highest BCUT2D eigenvalue weighted by Gasteiger charge is 2.43. The standard InChI is InChI=1S/C23H38O4/c1-3-4-7-16(2)12-19(24)10-11-20-21-14-17(8-5-6-9-23(26)27)13-18(21)15-22(20)25/h10-11,13,16,18-22,24-25H,3-9,12,14-15H2,1-2H3,(H,26,27)/t16-,18?,19+,20+,21?,22+/m0/s1. The third kappa shape index (κ3) is 7.08. The minimum atomic E-state index is -0.719. The summed E-state index contributed by atoms with van der Waals surface area (Å²) in [5, 5.41) is 29.5. The van der Waals surface area contributed by atoms with Crippen molar-refractivity contribution in [2.75, 3.05) is 0 Å². The number of carboxylic acid groups (broad SMARTS) is 1. The number of unbranched alkanes of at least 4 members (excludes halogenated alkanes) is 2. The maximum absolute atomic E-state index is 10.6. The summed E-state index contributed by atoms with van der Waals surface area (Å²) in [6.45, 7) is 4.39. The summed E-state index contributed by atoms with van der Waals surface area (Å²) in [4.78, 5) is 10.6. The number of aliphatic hydroxyl groups is 2. The number of fused-ring (bicyclic) bond motifs is 1. The summed E-state index contributed by atoms with van der Waals surface area (Å²) in [6, 6.07) is 0. The van der Waals surface area contributed by atoms with E-state index in [4.69, 9.17) is 5.11 Å². The first-order valence-corrected chi connectivity index (χ1v) is 10.9. The molecule has 0 radical (unpaired) electrons. The molecule has 0 bridgehead atoms. The lowest BCUT2D eigenvalue weighted by atomic mass is 9.88.